The van der Waals surface area contributed by atoms with E-state index in [0.717, 1.165) is 37.4 Å². The maximum Gasteiger partial charge on any atom is 0.251 e. The molecule has 2 aliphatic heterocycles. The van der Waals surface area contributed by atoms with Gasteiger partial charge in [-0.3, -0.25) is 14.5 Å². The minimum absolute atomic E-state index is 0.152. The third-order valence-corrected chi connectivity index (χ3v) is 7.25. The van der Waals surface area contributed by atoms with Crippen LogP contribution in [-0.4, -0.2) is 55.5 Å². The van der Waals surface area contributed by atoms with Gasteiger partial charge in [-0.2, -0.15) is 0 Å². The molecule has 182 valence electrons. The summed E-state index contributed by atoms with van der Waals surface area (Å²) < 4.78 is 5.78. The molecule has 8 heteroatoms. The number of ether oxygens (including phenoxy) is 1. The smallest absolute Gasteiger partial charge is 0.251 e. The highest BCUT2D eigenvalue weighted by atomic mass is 35.5. The van der Waals surface area contributed by atoms with Crippen LogP contribution in [0, 0.1) is 0 Å². The van der Waals surface area contributed by atoms with Crippen LogP contribution in [0.4, 0.5) is 11.4 Å². The number of anilines is 2. The molecule has 34 heavy (non-hydrogen) atoms. The maximum absolute atomic E-state index is 13.2. The van der Waals surface area contributed by atoms with Gasteiger partial charge in [0.2, 0.25) is 5.91 Å². The summed E-state index contributed by atoms with van der Waals surface area (Å²) in [5.74, 6) is 0.450. The lowest BCUT2D eigenvalue weighted by atomic mass is 10.1. The molecule has 0 saturated carbocycles. The van der Waals surface area contributed by atoms with Crippen LogP contribution in [0.15, 0.2) is 42.5 Å². The van der Waals surface area contributed by atoms with Crippen molar-refractivity contribution in [1.82, 2.24) is 4.90 Å². The van der Waals surface area contributed by atoms with Gasteiger partial charge in [-0.05, 0) is 48.9 Å². The van der Waals surface area contributed by atoms with E-state index in [1.54, 1.807) is 18.2 Å². The third kappa shape index (κ3) is 5.68. The number of unbranched alkanes of at least 4 members (excludes halogenated alkanes) is 3. The number of nitrogens with zero attached hydrogens (tertiary/aromatic N) is 3. The van der Waals surface area contributed by atoms with Crippen molar-refractivity contribution in [3.63, 3.8) is 0 Å². The van der Waals surface area contributed by atoms with Crippen molar-refractivity contribution < 1.29 is 14.3 Å². The van der Waals surface area contributed by atoms with Crippen LogP contribution >= 0.6 is 23.2 Å². The van der Waals surface area contributed by atoms with Crippen LogP contribution in [-0.2, 0) is 9.59 Å². The molecule has 4 rings (SSSR count). The monoisotopic (exact) mass is 503 g/mol. The zero-order valence-corrected chi connectivity index (χ0v) is 21.0. The highest BCUT2D eigenvalue weighted by Crippen LogP contribution is 2.30. The summed E-state index contributed by atoms with van der Waals surface area (Å²) in [7, 11) is 0. The standard InChI is InChI=1S/C26H31Cl2N3O3/c1-2-3-4-5-16-34-21-9-6-19(7-10-21)31-25(32)18-24(26(31)33)30-14-12-29(13-15-30)20-8-11-22(27)23(28)17-20/h6-11,17,24H,2-5,12-16,18H2,1H3/t24-/m1/s1. The first-order valence-corrected chi connectivity index (χ1v) is 12.8. The van der Waals surface area contributed by atoms with Gasteiger partial charge < -0.3 is 9.64 Å². The molecular formula is C26H31Cl2N3O3. The van der Waals surface area contributed by atoms with E-state index in [0.29, 0.717) is 35.4 Å². The van der Waals surface area contributed by atoms with Crippen molar-refractivity contribution >= 4 is 46.4 Å². The Kier molecular flexibility index (Phi) is 8.35. The van der Waals surface area contributed by atoms with Crippen molar-refractivity contribution in [2.75, 3.05) is 42.6 Å². The third-order valence-electron chi connectivity index (χ3n) is 6.51. The fraction of sp³-hybridized carbons (Fsp3) is 0.462. The summed E-state index contributed by atoms with van der Waals surface area (Å²) in [4.78, 5) is 31.6. The molecule has 0 radical (unpaired) electrons. The van der Waals surface area contributed by atoms with Crippen molar-refractivity contribution in [3.05, 3.63) is 52.5 Å². The van der Waals surface area contributed by atoms with Gasteiger partial charge in [0, 0.05) is 31.9 Å². The minimum Gasteiger partial charge on any atom is -0.494 e. The van der Waals surface area contributed by atoms with Crippen molar-refractivity contribution in [3.8, 4) is 5.75 Å². The van der Waals surface area contributed by atoms with Gasteiger partial charge in [0.15, 0.2) is 0 Å². The quantitative estimate of drug-likeness (QED) is 0.338. The minimum atomic E-state index is -0.419. The van der Waals surface area contributed by atoms with Crippen LogP contribution in [0.1, 0.15) is 39.0 Å². The molecule has 2 saturated heterocycles. The van der Waals surface area contributed by atoms with Gasteiger partial charge in [0.1, 0.15) is 5.75 Å². The predicted molar refractivity (Wildman–Crippen MR) is 137 cm³/mol. The fourth-order valence-electron chi connectivity index (χ4n) is 4.56. The Balaban J connectivity index is 1.32. The van der Waals surface area contributed by atoms with Crippen molar-refractivity contribution in [1.29, 1.82) is 0 Å². The Bertz CT molecular complexity index is 1010. The first-order chi connectivity index (χ1) is 16.5. The van der Waals surface area contributed by atoms with E-state index in [-0.39, 0.29) is 18.2 Å². The molecule has 0 spiro atoms. The molecular weight excluding hydrogens is 473 g/mol. The molecule has 2 fully saturated rings. The van der Waals surface area contributed by atoms with E-state index in [2.05, 4.69) is 16.7 Å². The van der Waals surface area contributed by atoms with E-state index in [1.807, 2.05) is 24.3 Å². The summed E-state index contributed by atoms with van der Waals surface area (Å²) in [5, 5.41) is 1.06. The fourth-order valence-corrected chi connectivity index (χ4v) is 4.85. The van der Waals surface area contributed by atoms with Gasteiger partial charge >= 0.3 is 0 Å². The number of carbonyl (C=O) groups excluding carboxylic acids is 2. The number of carbonyl (C=O) groups is 2. The number of hydrogen-bond acceptors (Lipinski definition) is 5. The van der Waals surface area contributed by atoms with E-state index in [1.165, 1.54) is 17.7 Å². The molecule has 1 atom stereocenters. The lowest BCUT2D eigenvalue weighted by Gasteiger charge is -2.38. The van der Waals surface area contributed by atoms with Crippen molar-refractivity contribution in [2.24, 2.45) is 0 Å². The molecule has 0 bridgehead atoms. The van der Waals surface area contributed by atoms with Crippen LogP contribution < -0.4 is 14.5 Å². The second-order valence-electron chi connectivity index (χ2n) is 8.81. The second-order valence-corrected chi connectivity index (χ2v) is 9.63. The number of hydrogen-bond donors (Lipinski definition) is 0. The summed E-state index contributed by atoms with van der Waals surface area (Å²) >= 11 is 12.2. The van der Waals surface area contributed by atoms with Gasteiger partial charge in [-0.1, -0.05) is 49.4 Å². The Labute approximate surface area is 211 Å². The second kappa shape index (κ2) is 11.4. The molecule has 0 aliphatic carbocycles. The normalized spacial score (nSPS) is 19.2. The summed E-state index contributed by atoms with van der Waals surface area (Å²) in [6.07, 6.45) is 4.81. The van der Waals surface area contributed by atoms with Gasteiger partial charge in [0.05, 0.1) is 34.8 Å². The van der Waals surface area contributed by atoms with Gasteiger partial charge in [0.25, 0.3) is 5.91 Å². The lowest BCUT2D eigenvalue weighted by Crippen LogP contribution is -2.52. The largest absolute Gasteiger partial charge is 0.494 e. The lowest BCUT2D eigenvalue weighted by molar-refractivity contribution is -0.123. The summed E-state index contributed by atoms with van der Waals surface area (Å²) in [6, 6.07) is 12.4. The number of imide groups is 1. The molecule has 6 nitrogen and oxygen atoms in total. The van der Waals surface area contributed by atoms with E-state index >= 15 is 0 Å². The van der Waals surface area contributed by atoms with Gasteiger partial charge in [-0.25, -0.2) is 4.90 Å². The Morgan fingerprint density at radius 1 is 0.882 bits per heavy atom. The molecule has 2 aromatic rings. The molecule has 0 unspecified atom stereocenters. The molecule has 2 aromatic carbocycles. The Hall–Kier alpha value is -2.28. The number of benzene rings is 2. The SMILES string of the molecule is CCCCCCOc1ccc(N2C(=O)C[C@@H](N3CCN(c4ccc(Cl)c(Cl)c4)CC3)C2=O)cc1. The summed E-state index contributed by atoms with van der Waals surface area (Å²) in [5.41, 5.74) is 1.61. The molecule has 2 amide bonds. The van der Waals surface area contributed by atoms with Crippen LogP contribution in [0.5, 0.6) is 5.75 Å². The van der Waals surface area contributed by atoms with E-state index < -0.39 is 6.04 Å². The topological polar surface area (TPSA) is 53.1 Å². The number of piperazine rings is 1. The molecule has 2 aliphatic rings. The average Bonchev–Trinajstić information content (AvgIpc) is 3.15. The number of halogens is 2. The van der Waals surface area contributed by atoms with Crippen LogP contribution in [0.25, 0.3) is 0 Å². The highest BCUT2D eigenvalue weighted by molar-refractivity contribution is 6.42. The zero-order valence-electron chi connectivity index (χ0n) is 19.5. The first kappa shape index (κ1) is 24.8. The van der Waals surface area contributed by atoms with E-state index in [9.17, 15) is 9.59 Å². The van der Waals surface area contributed by atoms with Crippen LogP contribution in [0.3, 0.4) is 0 Å². The van der Waals surface area contributed by atoms with Crippen molar-refractivity contribution in [2.45, 2.75) is 45.1 Å². The molecule has 0 aromatic heterocycles. The molecule has 0 N–H and O–H groups in total. The number of amides is 2. The summed E-state index contributed by atoms with van der Waals surface area (Å²) in [6.45, 7) is 5.76. The van der Waals surface area contributed by atoms with Gasteiger partial charge in [-0.15, -0.1) is 0 Å². The Morgan fingerprint density at radius 2 is 1.59 bits per heavy atom. The average molecular weight is 504 g/mol. The maximum atomic E-state index is 13.2. The Morgan fingerprint density at radius 3 is 2.26 bits per heavy atom. The molecule has 2 heterocycles. The zero-order chi connectivity index (χ0) is 24.1. The number of rotatable bonds is 9. The predicted octanol–water partition coefficient (Wildman–Crippen LogP) is 5.41. The van der Waals surface area contributed by atoms with E-state index in [4.69, 9.17) is 27.9 Å². The highest BCUT2D eigenvalue weighted by Gasteiger charge is 2.43. The van der Waals surface area contributed by atoms with Crippen LogP contribution in [0.2, 0.25) is 10.0 Å². The first-order valence-electron chi connectivity index (χ1n) is 12.0.